The van der Waals surface area contributed by atoms with Gasteiger partial charge in [0.05, 0.1) is 6.20 Å². The third-order valence-corrected chi connectivity index (χ3v) is 2.95. The Morgan fingerprint density at radius 3 is 2.54 bits per heavy atom. The Labute approximate surface area is 140 Å². The molecule has 0 aliphatic rings. The first-order valence-corrected chi connectivity index (χ1v) is 7.57. The fraction of sp³-hybridized carbons (Fsp3) is 0.353. The largest absolute Gasteiger partial charge is 0.444 e. The Morgan fingerprint density at radius 1 is 1.25 bits per heavy atom. The van der Waals surface area contributed by atoms with Gasteiger partial charge in [0.15, 0.2) is 0 Å². The van der Waals surface area contributed by atoms with Crippen molar-refractivity contribution >= 4 is 18.0 Å². The molecular formula is C17H21N3O4. The third-order valence-electron chi connectivity index (χ3n) is 2.95. The average Bonchev–Trinajstić information content (AvgIpc) is 2.98. The smallest absolute Gasteiger partial charge is 0.408 e. The van der Waals surface area contributed by atoms with E-state index >= 15 is 0 Å². The van der Waals surface area contributed by atoms with E-state index in [2.05, 4.69) is 15.6 Å². The summed E-state index contributed by atoms with van der Waals surface area (Å²) in [6.45, 7) is 5.27. The summed E-state index contributed by atoms with van der Waals surface area (Å²) in [6, 6.07) is 8.62. The summed E-state index contributed by atoms with van der Waals surface area (Å²) in [5.74, 6) is -0.438. The summed E-state index contributed by atoms with van der Waals surface area (Å²) in [5.41, 5.74) is 0.251. The molecule has 1 heterocycles. The van der Waals surface area contributed by atoms with Crippen molar-refractivity contribution in [3.05, 3.63) is 48.4 Å². The van der Waals surface area contributed by atoms with Crippen molar-refractivity contribution in [2.24, 2.45) is 0 Å². The molecule has 2 rings (SSSR count). The first-order chi connectivity index (χ1) is 11.3. The summed E-state index contributed by atoms with van der Waals surface area (Å²) in [6.07, 6.45) is 2.42. The number of amides is 2. The lowest BCUT2D eigenvalue weighted by atomic mass is 10.1. The lowest BCUT2D eigenvalue weighted by Gasteiger charge is -2.23. The van der Waals surface area contributed by atoms with Crippen LogP contribution in [0.3, 0.4) is 0 Å². The third kappa shape index (κ3) is 5.75. The molecule has 2 N–H and O–H groups in total. The summed E-state index contributed by atoms with van der Waals surface area (Å²) in [5, 5.41) is 5.12. The van der Waals surface area contributed by atoms with Gasteiger partial charge in [0.1, 0.15) is 17.9 Å². The van der Waals surface area contributed by atoms with Gasteiger partial charge in [0.25, 0.3) is 5.91 Å². The zero-order valence-corrected chi connectivity index (χ0v) is 13.9. The Kier molecular flexibility index (Phi) is 5.57. The van der Waals surface area contributed by atoms with Crippen LogP contribution in [0.5, 0.6) is 0 Å². The van der Waals surface area contributed by atoms with Crippen molar-refractivity contribution in [2.75, 3.05) is 5.32 Å². The number of hydrogen-bond acceptors (Lipinski definition) is 5. The van der Waals surface area contributed by atoms with Crippen LogP contribution in [-0.4, -0.2) is 28.6 Å². The number of rotatable bonds is 5. The van der Waals surface area contributed by atoms with Gasteiger partial charge in [0, 0.05) is 6.42 Å². The van der Waals surface area contributed by atoms with Crippen LogP contribution in [-0.2, 0) is 16.0 Å². The molecule has 7 nitrogen and oxygen atoms in total. The van der Waals surface area contributed by atoms with Crippen molar-refractivity contribution in [3.8, 4) is 0 Å². The van der Waals surface area contributed by atoms with Crippen molar-refractivity contribution in [1.82, 2.24) is 10.3 Å². The lowest BCUT2D eigenvalue weighted by Crippen LogP contribution is -2.47. The van der Waals surface area contributed by atoms with Crippen LogP contribution in [0.1, 0.15) is 26.3 Å². The van der Waals surface area contributed by atoms with E-state index in [0.29, 0.717) is 6.42 Å². The van der Waals surface area contributed by atoms with E-state index in [4.69, 9.17) is 9.15 Å². The molecule has 7 heteroatoms. The quantitative estimate of drug-likeness (QED) is 0.878. The van der Waals surface area contributed by atoms with Crippen LogP contribution in [0.2, 0.25) is 0 Å². The fourth-order valence-corrected chi connectivity index (χ4v) is 1.99. The number of benzene rings is 1. The first kappa shape index (κ1) is 17.5. The zero-order valence-electron chi connectivity index (χ0n) is 13.9. The predicted octanol–water partition coefficient (Wildman–Crippen LogP) is 2.75. The van der Waals surface area contributed by atoms with E-state index in [1.54, 1.807) is 20.8 Å². The molecule has 1 atom stereocenters. The molecule has 0 spiro atoms. The number of carbonyl (C=O) groups excluding carboxylic acids is 2. The Hall–Kier alpha value is -2.83. The normalized spacial score (nSPS) is 12.3. The van der Waals surface area contributed by atoms with Crippen molar-refractivity contribution in [1.29, 1.82) is 0 Å². The van der Waals surface area contributed by atoms with Gasteiger partial charge in [-0.15, -0.1) is 0 Å². The molecule has 0 fully saturated rings. The van der Waals surface area contributed by atoms with Crippen molar-refractivity contribution in [3.63, 3.8) is 0 Å². The molecule has 0 radical (unpaired) electrons. The number of anilines is 1. The molecule has 0 aliphatic carbocycles. The fourth-order valence-electron chi connectivity index (χ4n) is 1.99. The Morgan fingerprint density at radius 2 is 1.96 bits per heavy atom. The molecule has 0 aliphatic heterocycles. The highest BCUT2D eigenvalue weighted by molar-refractivity contribution is 5.95. The summed E-state index contributed by atoms with van der Waals surface area (Å²) in [4.78, 5) is 28.3. The molecule has 2 amide bonds. The van der Waals surface area contributed by atoms with Crippen LogP contribution in [0.15, 0.2) is 47.2 Å². The van der Waals surface area contributed by atoms with Crippen LogP contribution in [0, 0.1) is 0 Å². The van der Waals surface area contributed by atoms with Crippen molar-refractivity contribution < 1.29 is 18.7 Å². The predicted molar refractivity (Wildman–Crippen MR) is 88.4 cm³/mol. The monoisotopic (exact) mass is 331 g/mol. The second-order valence-electron chi connectivity index (χ2n) is 6.22. The average molecular weight is 331 g/mol. The van der Waals surface area contributed by atoms with Crippen LogP contribution in [0.25, 0.3) is 0 Å². The van der Waals surface area contributed by atoms with Gasteiger partial charge in [-0.2, -0.15) is 0 Å². The van der Waals surface area contributed by atoms with E-state index in [0.717, 1.165) is 5.56 Å². The van der Waals surface area contributed by atoms with Gasteiger partial charge in [-0.1, -0.05) is 30.3 Å². The van der Waals surface area contributed by atoms with Gasteiger partial charge < -0.3 is 14.5 Å². The number of nitrogens with one attached hydrogen (secondary N) is 2. The van der Waals surface area contributed by atoms with E-state index in [9.17, 15) is 9.59 Å². The molecule has 2 aromatic rings. The number of carbonyl (C=O) groups is 2. The molecule has 1 aromatic heterocycles. The van der Waals surface area contributed by atoms with E-state index in [1.807, 2.05) is 30.3 Å². The number of nitrogens with zero attached hydrogens (tertiary/aromatic N) is 1. The number of alkyl carbamates (subject to hydrolysis) is 1. The van der Waals surface area contributed by atoms with Gasteiger partial charge in [0.2, 0.25) is 0 Å². The molecule has 1 unspecified atom stereocenters. The second kappa shape index (κ2) is 7.63. The molecule has 0 bridgehead atoms. The second-order valence-corrected chi connectivity index (χ2v) is 6.22. The van der Waals surface area contributed by atoms with Gasteiger partial charge in [-0.3, -0.25) is 10.1 Å². The minimum atomic E-state index is -0.825. The number of aromatic nitrogens is 1. The van der Waals surface area contributed by atoms with E-state index in [1.165, 1.54) is 12.5 Å². The molecule has 24 heavy (non-hydrogen) atoms. The maximum Gasteiger partial charge on any atom is 0.408 e. The lowest BCUT2D eigenvalue weighted by molar-refractivity contribution is -0.118. The van der Waals surface area contributed by atoms with Crippen LogP contribution >= 0.6 is 0 Å². The van der Waals surface area contributed by atoms with E-state index < -0.39 is 23.6 Å². The van der Waals surface area contributed by atoms with Gasteiger partial charge in [-0.25, -0.2) is 9.78 Å². The molecule has 1 aromatic carbocycles. The zero-order chi connectivity index (χ0) is 17.6. The maximum atomic E-state index is 12.4. The highest BCUT2D eigenvalue weighted by Gasteiger charge is 2.25. The van der Waals surface area contributed by atoms with Crippen LogP contribution < -0.4 is 10.6 Å². The number of oxazole rings is 1. The highest BCUT2D eigenvalue weighted by Crippen LogP contribution is 2.10. The highest BCUT2D eigenvalue weighted by atomic mass is 16.6. The molecule has 0 saturated heterocycles. The summed E-state index contributed by atoms with van der Waals surface area (Å²) < 4.78 is 10.2. The number of ether oxygens (including phenoxy) is 1. The molecule has 128 valence electrons. The molecular weight excluding hydrogens is 310 g/mol. The summed E-state index contributed by atoms with van der Waals surface area (Å²) >= 11 is 0. The number of hydrogen-bond donors (Lipinski definition) is 2. The summed E-state index contributed by atoms with van der Waals surface area (Å²) in [7, 11) is 0. The molecule has 0 saturated carbocycles. The standard InChI is InChI=1S/C17H21N3O4/c1-17(2,3)24-16(22)19-13(11-12-7-5-4-6-8-12)14(21)20-15-18-9-10-23-15/h4-10,13H,11H2,1-3H3,(H,19,22)(H,18,20,21). The minimum Gasteiger partial charge on any atom is -0.444 e. The minimum absolute atomic E-state index is 0.0732. The maximum absolute atomic E-state index is 12.4. The Balaban J connectivity index is 2.08. The SMILES string of the molecule is CC(C)(C)OC(=O)NC(Cc1ccccc1)C(=O)Nc1ncco1. The Bertz CT molecular complexity index is 663. The first-order valence-electron chi connectivity index (χ1n) is 7.57. The van der Waals surface area contributed by atoms with Crippen LogP contribution in [0.4, 0.5) is 10.8 Å². The van der Waals surface area contributed by atoms with Gasteiger partial charge in [-0.05, 0) is 26.3 Å². The van der Waals surface area contributed by atoms with Gasteiger partial charge >= 0.3 is 12.1 Å². The topological polar surface area (TPSA) is 93.5 Å². The van der Waals surface area contributed by atoms with Crippen molar-refractivity contribution in [2.45, 2.75) is 38.8 Å². The van der Waals surface area contributed by atoms with E-state index in [-0.39, 0.29) is 6.01 Å².